The second kappa shape index (κ2) is 14.0. The number of hydrogen-bond acceptors (Lipinski definition) is 4. The van der Waals surface area contributed by atoms with Gasteiger partial charge >= 0.3 is 0 Å². The Morgan fingerprint density at radius 3 is 1.36 bits per heavy atom. The number of hydrogen-bond donors (Lipinski definition) is 0. The fourth-order valence-electron chi connectivity index (χ4n) is 1.63. The summed E-state index contributed by atoms with van der Waals surface area (Å²) in [6.07, 6.45) is 7.07. The van der Waals surface area contributed by atoms with Crippen molar-refractivity contribution in [1.82, 2.24) is 14.9 Å². The van der Waals surface area contributed by atoms with Crippen LogP contribution in [0.15, 0.2) is 55.1 Å². The zero-order chi connectivity index (χ0) is 16.6. The predicted octanol–water partition coefficient (Wildman–Crippen LogP) is 3.58. The highest BCUT2D eigenvalue weighted by molar-refractivity contribution is 5.42. The standard InChI is InChI=1S/C7H10N2.C6H15N.C5H5N/c1-9(2)7-3-5-8-6-4-7;1-4-7(5-2)6-3;1-2-4-6-5-3-1/h3-6H,1-2H3;4-6H2,1-3H3;1-5H. The maximum atomic E-state index is 3.90. The highest BCUT2D eigenvalue weighted by Gasteiger charge is 1.89. The van der Waals surface area contributed by atoms with Gasteiger partial charge < -0.3 is 9.80 Å². The first-order valence-electron chi connectivity index (χ1n) is 7.80. The molecular weight excluding hydrogens is 272 g/mol. The van der Waals surface area contributed by atoms with E-state index in [4.69, 9.17) is 0 Å². The van der Waals surface area contributed by atoms with Crippen LogP contribution in [0, 0.1) is 0 Å². The van der Waals surface area contributed by atoms with E-state index in [1.54, 1.807) is 24.8 Å². The normalized spacial score (nSPS) is 9.18. The van der Waals surface area contributed by atoms with Crippen molar-refractivity contribution in [3.8, 4) is 0 Å². The molecule has 0 aliphatic carbocycles. The van der Waals surface area contributed by atoms with Crippen LogP contribution in [0.2, 0.25) is 0 Å². The fraction of sp³-hybridized carbons (Fsp3) is 0.444. The lowest BCUT2D eigenvalue weighted by molar-refractivity contribution is 0.321. The van der Waals surface area contributed by atoms with Crippen LogP contribution >= 0.6 is 0 Å². The van der Waals surface area contributed by atoms with E-state index < -0.39 is 0 Å². The van der Waals surface area contributed by atoms with Crippen molar-refractivity contribution in [2.75, 3.05) is 38.6 Å². The average molecular weight is 302 g/mol. The number of nitrogens with zero attached hydrogens (tertiary/aromatic N) is 4. The van der Waals surface area contributed by atoms with E-state index in [2.05, 4.69) is 35.6 Å². The first-order valence-corrected chi connectivity index (χ1v) is 7.80. The fourth-order valence-corrected chi connectivity index (χ4v) is 1.63. The topological polar surface area (TPSA) is 32.3 Å². The summed E-state index contributed by atoms with van der Waals surface area (Å²) < 4.78 is 0. The van der Waals surface area contributed by atoms with Crippen molar-refractivity contribution in [3.05, 3.63) is 55.1 Å². The smallest absolute Gasteiger partial charge is 0.0391 e. The lowest BCUT2D eigenvalue weighted by Gasteiger charge is -2.13. The molecule has 0 unspecified atom stereocenters. The van der Waals surface area contributed by atoms with E-state index in [-0.39, 0.29) is 0 Å². The third-order valence-electron chi connectivity index (χ3n) is 3.09. The number of aromatic nitrogens is 2. The van der Waals surface area contributed by atoms with Crippen LogP contribution in [0.3, 0.4) is 0 Å². The SMILES string of the molecule is CCN(CC)CC.CN(C)c1ccncc1.c1ccncc1. The molecule has 0 aromatic carbocycles. The number of rotatable bonds is 4. The molecule has 0 aliphatic heterocycles. The molecule has 0 saturated carbocycles. The van der Waals surface area contributed by atoms with Crippen LogP contribution in [-0.2, 0) is 0 Å². The Morgan fingerprint density at radius 2 is 1.18 bits per heavy atom. The van der Waals surface area contributed by atoms with Gasteiger partial charge in [0.25, 0.3) is 0 Å². The summed E-state index contributed by atoms with van der Waals surface area (Å²) in [5.74, 6) is 0. The highest BCUT2D eigenvalue weighted by atomic mass is 15.1. The molecule has 0 amide bonds. The summed E-state index contributed by atoms with van der Waals surface area (Å²) in [6.45, 7) is 10.1. The molecule has 0 saturated heterocycles. The van der Waals surface area contributed by atoms with E-state index in [1.165, 1.54) is 25.3 Å². The van der Waals surface area contributed by atoms with E-state index in [0.29, 0.717) is 0 Å². The van der Waals surface area contributed by atoms with Gasteiger partial charge in [0.15, 0.2) is 0 Å². The Kier molecular flexibility index (Phi) is 12.8. The van der Waals surface area contributed by atoms with Gasteiger partial charge in [-0.25, -0.2) is 0 Å². The molecular formula is C18H30N4. The summed E-state index contributed by atoms with van der Waals surface area (Å²) in [4.78, 5) is 12.1. The van der Waals surface area contributed by atoms with Crippen LogP contribution < -0.4 is 4.90 Å². The molecule has 22 heavy (non-hydrogen) atoms. The second-order valence-electron chi connectivity index (χ2n) is 4.74. The van der Waals surface area contributed by atoms with Crippen LogP contribution in [0.25, 0.3) is 0 Å². The van der Waals surface area contributed by atoms with Crippen LogP contribution in [0.1, 0.15) is 20.8 Å². The van der Waals surface area contributed by atoms with Gasteiger partial charge in [-0.15, -0.1) is 0 Å². The molecule has 2 rings (SSSR count). The zero-order valence-electron chi connectivity index (χ0n) is 14.6. The molecule has 0 spiro atoms. The quantitative estimate of drug-likeness (QED) is 0.864. The molecule has 0 fully saturated rings. The van der Waals surface area contributed by atoms with Crippen molar-refractivity contribution >= 4 is 5.69 Å². The summed E-state index contributed by atoms with van der Waals surface area (Å²) in [7, 11) is 4.02. The first kappa shape index (κ1) is 20.1. The molecule has 0 bridgehead atoms. The van der Waals surface area contributed by atoms with Gasteiger partial charge in [0.05, 0.1) is 0 Å². The first-order chi connectivity index (χ1) is 10.7. The van der Waals surface area contributed by atoms with Crippen molar-refractivity contribution in [3.63, 3.8) is 0 Å². The van der Waals surface area contributed by atoms with Crippen molar-refractivity contribution in [2.24, 2.45) is 0 Å². The van der Waals surface area contributed by atoms with E-state index in [0.717, 1.165) is 0 Å². The summed E-state index contributed by atoms with van der Waals surface area (Å²) in [5, 5.41) is 0. The van der Waals surface area contributed by atoms with Gasteiger partial charge in [-0.05, 0) is 43.9 Å². The molecule has 0 N–H and O–H groups in total. The second-order valence-corrected chi connectivity index (χ2v) is 4.74. The minimum atomic E-state index is 1.19. The molecule has 2 heterocycles. The van der Waals surface area contributed by atoms with Crippen LogP contribution in [-0.4, -0.2) is 48.6 Å². The zero-order valence-corrected chi connectivity index (χ0v) is 14.6. The minimum absolute atomic E-state index is 1.19. The lowest BCUT2D eigenvalue weighted by atomic mass is 10.4. The van der Waals surface area contributed by atoms with E-state index >= 15 is 0 Å². The third-order valence-corrected chi connectivity index (χ3v) is 3.09. The molecule has 0 radical (unpaired) electrons. The largest absolute Gasteiger partial charge is 0.378 e. The molecule has 2 aromatic rings. The molecule has 2 aromatic heterocycles. The maximum absolute atomic E-state index is 3.90. The van der Waals surface area contributed by atoms with Crippen molar-refractivity contribution in [1.29, 1.82) is 0 Å². The molecule has 0 aliphatic rings. The Bertz CT molecular complexity index is 395. The molecule has 4 heteroatoms. The monoisotopic (exact) mass is 302 g/mol. The van der Waals surface area contributed by atoms with Gasteiger partial charge in [0.1, 0.15) is 0 Å². The van der Waals surface area contributed by atoms with Crippen molar-refractivity contribution in [2.45, 2.75) is 20.8 Å². The van der Waals surface area contributed by atoms with Gasteiger partial charge in [0.2, 0.25) is 0 Å². The predicted molar refractivity (Wildman–Crippen MR) is 96.3 cm³/mol. The minimum Gasteiger partial charge on any atom is -0.378 e. The molecule has 0 atom stereocenters. The summed E-state index contributed by atoms with van der Waals surface area (Å²) >= 11 is 0. The molecule has 4 nitrogen and oxygen atoms in total. The summed E-state index contributed by atoms with van der Waals surface area (Å²) in [6, 6.07) is 9.66. The highest BCUT2D eigenvalue weighted by Crippen LogP contribution is 2.05. The maximum Gasteiger partial charge on any atom is 0.0391 e. The Hall–Kier alpha value is -1.94. The van der Waals surface area contributed by atoms with Gasteiger partial charge in [0, 0.05) is 44.6 Å². The average Bonchev–Trinajstić information content (AvgIpc) is 2.60. The Balaban J connectivity index is 0.000000308. The van der Waals surface area contributed by atoms with E-state index in [1.807, 2.05) is 49.3 Å². The Labute approximate surface area is 135 Å². The lowest BCUT2D eigenvalue weighted by Crippen LogP contribution is -2.21. The molecule has 122 valence electrons. The van der Waals surface area contributed by atoms with E-state index in [9.17, 15) is 0 Å². The van der Waals surface area contributed by atoms with Gasteiger partial charge in [-0.3, -0.25) is 9.97 Å². The van der Waals surface area contributed by atoms with Crippen LogP contribution in [0.4, 0.5) is 5.69 Å². The van der Waals surface area contributed by atoms with Gasteiger partial charge in [-0.1, -0.05) is 26.8 Å². The van der Waals surface area contributed by atoms with Crippen LogP contribution in [0.5, 0.6) is 0 Å². The number of anilines is 1. The Morgan fingerprint density at radius 1 is 0.727 bits per heavy atom. The van der Waals surface area contributed by atoms with Crippen molar-refractivity contribution < 1.29 is 0 Å². The van der Waals surface area contributed by atoms with Gasteiger partial charge in [-0.2, -0.15) is 0 Å². The number of pyridine rings is 2. The summed E-state index contributed by atoms with van der Waals surface area (Å²) in [5.41, 5.74) is 1.19. The third kappa shape index (κ3) is 10.8.